The second-order valence-corrected chi connectivity index (χ2v) is 6.53. The van der Waals surface area contributed by atoms with Gasteiger partial charge in [-0.3, -0.25) is 14.4 Å². The molecule has 0 aromatic carbocycles. The van der Waals surface area contributed by atoms with Gasteiger partial charge in [0.2, 0.25) is 17.7 Å². The Morgan fingerprint density at radius 1 is 1.03 bits per heavy atom. The fourth-order valence-corrected chi connectivity index (χ4v) is 2.57. The topological polar surface area (TPSA) is 226 Å². The molecule has 0 bridgehead atoms. The van der Waals surface area contributed by atoms with Crippen LogP contribution in [0.1, 0.15) is 25.0 Å². The number of aliphatic hydroxyl groups excluding tert-OH is 1. The SMILES string of the molecule is NCCCCC(NC(=O)C(Cc1cnc[nH]1)NC(=O)C(CO)NC(=O)CN)C(=O)O. The third kappa shape index (κ3) is 8.55. The van der Waals surface area contributed by atoms with Crippen LogP contribution in [0.4, 0.5) is 0 Å². The van der Waals surface area contributed by atoms with Crippen molar-refractivity contribution in [2.45, 2.75) is 43.8 Å². The Bertz CT molecular complexity index is 697. The molecule has 0 fully saturated rings. The van der Waals surface area contributed by atoms with Crippen molar-refractivity contribution in [3.8, 4) is 0 Å². The number of H-pyrrole nitrogens is 1. The van der Waals surface area contributed by atoms with Gasteiger partial charge in [-0.2, -0.15) is 0 Å². The number of aliphatic hydroxyl groups is 1. The summed E-state index contributed by atoms with van der Waals surface area (Å²) in [5.74, 6) is -3.44. The standard InChI is InChI=1S/C17H29N7O6/c18-4-2-1-3-11(17(29)30)23-15(27)12(5-10-7-20-9-21-10)24-16(28)13(8-25)22-14(26)6-19/h7,9,11-13,25H,1-6,8,18-19H2,(H,20,21)(H,22,26)(H,23,27)(H,24,28)(H,29,30). The Morgan fingerprint density at radius 2 is 1.70 bits per heavy atom. The number of aromatic nitrogens is 2. The van der Waals surface area contributed by atoms with Gasteiger partial charge in [-0.15, -0.1) is 0 Å². The number of hydrogen-bond donors (Lipinski definition) is 8. The number of unbranched alkanes of at least 4 members (excludes halogenated alkanes) is 1. The first-order chi connectivity index (χ1) is 14.3. The monoisotopic (exact) mass is 427 g/mol. The van der Waals surface area contributed by atoms with Gasteiger partial charge in [0.05, 0.1) is 19.5 Å². The smallest absolute Gasteiger partial charge is 0.326 e. The number of carbonyl (C=O) groups is 4. The summed E-state index contributed by atoms with van der Waals surface area (Å²) in [5.41, 5.74) is 11.1. The van der Waals surface area contributed by atoms with E-state index in [0.717, 1.165) is 0 Å². The minimum Gasteiger partial charge on any atom is -0.480 e. The number of aliphatic carboxylic acids is 1. The lowest BCUT2D eigenvalue weighted by molar-refractivity contribution is -0.142. The van der Waals surface area contributed by atoms with Crippen molar-refractivity contribution in [3.05, 3.63) is 18.2 Å². The largest absolute Gasteiger partial charge is 0.480 e. The van der Waals surface area contributed by atoms with Crippen molar-refractivity contribution in [2.24, 2.45) is 11.5 Å². The molecule has 0 radical (unpaired) electrons. The third-order valence-electron chi connectivity index (χ3n) is 4.19. The number of nitrogens with two attached hydrogens (primary N) is 2. The van der Waals surface area contributed by atoms with Crippen LogP contribution in [-0.4, -0.2) is 81.7 Å². The Morgan fingerprint density at radius 3 is 2.23 bits per heavy atom. The maximum atomic E-state index is 12.7. The molecule has 1 aromatic heterocycles. The van der Waals surface area contributed by atoms with Crippen LogP contribution < -0.4 is 27.4 Å². The summed E-state index contributed by atoms with van der Waals surface area (Å²) in [7, 11) is 0. The van der Waals surface area contributed by atoms with E-state index in [-0.39, 0.29) is 19.4 Å². The Kier molecular flexibility index (Phi) is 11.0. The van der Waals surface area contributed by atoms with E-state index in [4.69, 9.17) is 11.5 Å². The van der Waals surface area contributed by atoms with Crippen LogP contribution >= 0.6 is 0 Å². The van der Waals surface area contributed by atoms with Crippen LogP contribution in [0.25, 0.3) is 0 Å². The number of carboxylic acid groups (broad SMARTS) is 1. The summed E-state index contributed by atoms with van der Waals surface area (Å²) in [6.07, 6.45) is 4.10. The van der Waals surface area contributed by atoms with E-state index in [1.807, 2.05) is 0 Å². The zero-order chi connectivity index (χ0) is 22.5. The highest BCUT2D eigenvalue weighted by Gasteiger charge is 2.29. The van der Waals surface area contributed by atoms with Crippen LogP contribution in [0.5, 0.6) is 0 Å². The van der Waals surface area contributed by atoms with E-state index in [1.54, 1.807) is 0 Å². The predicted molar refractivity (Wildman–Crippen MR) is 105 cm³/mol. The number of amides is 3. The molecule has 3 unspecified atom stereocenters. The van der Waals surface area contributed by atoms with Gasteiger partial charge in [-0.05, 0) is 25.8 Å². The molecule has 0 aliphatic heterocycles. The molecular weight excluding hydrogens is 398 g/mol. The van der Waals surface area contributed by atoms with E-state index in [1.165, 1.54) is 12.5 Å². The van der Waals surface area contributed by atoms with Crippen LogP contribution in [0.3, 0.4) is 0 Å². The number of carboxylic acids is 1. The summed E-state index contributed by atoms with van der Waals surface area (Å²) < 4.78 is 0. The fraction of sp³-hybridized carbons (Fsp3) is 0.588. The lowest BCUT2D eigenvalue weighted by Crippen LogP contribution is -2.57. The van der Waals surface area contributed by atoms with Gasteiger partial charge in [0, 0.05) is 18.3 Å². The number of nitrogens with zero attached hydrogens (tertiary/aromatic N) is 1. The molecule has 0 saturated heterocycles. The third-order valence-corrected chi connectivity index (χ3v) is 4.19. The molecular formula is C17H29N7O6. The molecule has 10 N–H and O–H groups in total. The minimum atomic E-state index is -1.32. The van der Waals surface area contributed by atoms with E-state index in [0.29, 0.717) is 25.1 Å². The van der Waals surface area contributed by atoms with Crippen molar-refractivity contribution in [3.63, 3.8) is 0 Å². The van der Waals surface area contributed by atoms with Crippen molar-refractivity contribution < 1.29 is 29.4 Å². The van der Waals surface area contributed by atoms with Gasteiger partial charge in [0.15, 0.2) is 0 Å². The average Bonchev–Trinajstić information content (AvgIpc) is 3.23. The van der Waals surface area contributed by atoms with Crippen molar-refractivity contribution in [1.29, 1.82) is 0 Å². The van der Waals surface area contributed by atoms with Crippen LogP contribution in [-0.2, 0) is 25.6 Å². The van der Waals surface area contributed by atoms with Crippen molar-refractivity contribution >= 4 is 23.7 Å². The molecule has 0 saturated carbocycles. The van der Waals surface area contributed by atoms with E-state index in [2.05, 4.69) is 25.9 Å². The van der Waals surface area contributed by atoms with E-state index >= 15 is 0 Å². The van der Waals surface area contributed by atoms with Crippen LogP contribution in [0.2, 0.25) is 0 Å². The Hall–Kier alpha value is -3.03. The predicted octanol–water partition coefficient (Wildman–Crippen LogP) is -3.43. The quantitative estimate of drug-likeness (QED) is 0.138. The highest BCUT2D eigenvalue weighted by atomic mass is 16.4. The highest BCUT2D eigenvalue weighted by molar-refractivity contribution is 5.93. The number of carbonyl (C=O) groups excluding carboxylic acids is 3. The normalized spacial score (nSPS) is 13.7. The molecule has 1 aromatic rings. The van der Waals surface area contributed by atoms with Gasteiger partial charge < -0.3 is 42.6 Å². The average molecular weight is 427 g/mol. The van der Waals surface area contributed by atoms with Gasteiger partial charge in [-0.1, -0.05) is 0 Å². The van der Waals surface area contributed by atoms with Crippen LogP contribution in [0, 0.1) is 0 Å². The van der Waals surface area contributed by atoms with Gasteiger partial charge >= 0.3 is 5.97 Å². The second-order valence-electron chi connectivity index (χ2n) is 6.53. The maximum Gasteiger partial charge on any atom is 0.326 e. The molecule has 3 amide bonds. The maximum absolute atomic E-state index is 12.7. The lowest BCUT2D eigenvalue weighted by Gasteiger charge is -2.23. The number of imidazole rings is 1. The number of hydrogen-bond acceptors (Lipinski definition) is 8. The number of rotatable bonds is 14. The molecule has 168 valence electrons. The Balaban J connectivity index is 2.90. The van der Waals surface area contributed by atoms with Gasteiger partial charge in [0.1, 0.15) is 18.1 Å². The van der Waals surface area contributed by atoms with Crippen LogP contribution in [0.15, 0.2) is 12.5 Å². The summed E-state index contributed by atoms with van der Waals surface area (Å²) >= 11 is 0. The molecule has 13 heteroatoms. The first-order valence-corrected chi connectivity index (χ1v) is 9.43. The first kappa shape index (κ1) is 25.0. The van der Waals surface area contributed by atoms with Gasteiger partial charge in [-0.25, -0.2) is 9.78 Å². The molecule has 30 heavy (non-hydrogen) atoms. The molecule has 0 aliphatic rings. The molecule has 1 rings (SSSR count). The lowest BCUT2D eigenvalue weighted by atomic mass is 10.1. The Labute approximate surface area is 173 Å². The first-order valence-electron chi connectivity index (χ1n) is 9.43. The summed E-state index contributed by atoms with van der Waals surface area (Å²) in [5, 5.41) is 25.8. The van der Waals surface area contributed by atoms with Crippen molar-refractivity contribution in [1.82, 2.24) is 25.9 Å². The summed E-state index contributed by atoms with van der Waals surface area (Å²) in [6.45, 7) is -0.701. The molecule has 3 atom stereocenters. The van der Waals surface area contributed by atoms with E-state index < -0.39 is 48.4 Å². The summed E-state index contributed by atoms with van der Waals surface area (Å²) in [4.78, 5) is 54.7. The molecule has 0 spiro atoms. The zero-order valence-corrected chi connectivity index (χ0v) is 16.5. The summed E-state index contributed by atoms with van der Waals surface area (Å²) in [6, 6.07) is -3.66. The second kappa shape index (κ2) is 13.2. The fourth-order valence-electron chi connectivity index (χ4n) is 2.57. The van der Waals surface area contributed by atoms with E-state index in [9.17, 15) is 29.4 Å². The highest BCUT2D eigenvalue weighted by Crippen LogP contribution is 2.04. The molecule has 13 nitrogen and oxygen atoms in total. The van der Waals surface area contributed by atoms with Crippen molar-refractivity contribution in [2.75, 3.05) is 19.7 Å². The minimum absolute atomic E-state index is 0.0182. The molecule has 0 aliphatic carbocycles. The zero-order valence-electron chi connectivity index (χ0n) is 16.5. The molecule has 1 heterocycles. The number of aromatic amines is 1. The van der Waals surface area contributed by atoms with Gasteiger partial charge in [0.25, 0.3) is 0 Å². The number of nitrogens with one attached hydrogen (secondary N) is 4.